The van der Waals surface area contributed by atoms with Crippen LogP contribution >= 0.6 is 11.8 Å². The molecule has 0 fully saturated rings. The Morgan fingerprint density at radius 2 is 1.45 bits per heavy atom. The van der Waals surface area contributed by atoms with E-state index >= 15 is 0 Å². The van der Waals surface area contributed by atoms with Crippen molar-refractivity contribution in [2.45, 2.75) is 22.6 Å². The van der Waals surface area contributed by atoms with Gasteiger partial charge in [-0.1, -0.05) is 18.2 Å². The quantitative estimate of drug-likeness (QED) is 0.0579. The molecule has 0 amide bonds. The van der Waals surface area contributed by atoms with E-state index in [1.54, 1.807) is 24.3 Å². The van der Waals surface area contributed by atoms with Gasteiger partial charge in [-0.25, -0.2) is 0 Å². The average molecular weight is 715 g/mol. The van der Waals surface area contributed by atoms with E-state index in [9.17, 15) is 29.8 Å². The van der Waals surface area contributed by atoms with Gasteiger partial charge >= 0.3 is 10.6 Å². The molecule has 2 aromatic carbocycles. The first-order valence-corrected chi connectivity index (χ1v) is 18.5. The molecule has 0 radical (unpaired) electrons. The molecule has 0 saturated heterocycles. The van der Waals surface area contributed by atoms with E-state index in [4.69, 9.17) is 27.5 Å². The molecule has 18 nitrogen and oxygen atoms in total. The van der Waals surface area contributed by atoms with E-state index < -0.39 is 46.7 Å². The van der Waals surface area contributed by atoms with Crippen LogP contribution in [0.15, 0.2) is 52.3 Å². The lowest BCUT2D eigenvalue weighted by Crippen LogP contribution is -2.17. The minimum atomic E-state index is -4.53. The fraction of sp³-hybridized carbons (Fsp3) is 0.286. The number of nitrogen functional groups attached to an aromatic ring is 1. The summed E-state index contributed by atoms with van der Waals surface area (Å²) < 4.78 is 120. The molecule has 1 aromatic heterocycles. The smallest absolute Gasteiger partial charge is 0.398 e. The Morgan fingerprint density at radius 1 is 0.841 bits per heavy atom. The van der Waals surface area contributed by atoms with Crippen molar-refractivity contribution in [1.29, 1.82) is 0 Å². The summed E-state index contributed by atoms with van der Waals surface area (Å²) in [5, 5.41) is 5.60. The fourth-order valence-corrected chi connectivity index (χ4v) is 5.98. The third-order valence-electron chi connectivity index (χ3n) is 4.99. The summed E-state index contributed by atoms with van der Waals surface area (Å²) in [5.74, 6) is -0.589. The fourth-order valence-electron chi connectivity index (χ4n) is 3.31. The third kappa shape index (κ3) is 14.3. The Kier molecular flexibility index (Phi) is 13.4. The van der Waals surface area contributed by atoms with Crippen LogP contribution in [0.3, 0.4) is 0 Å². The SMILES string of the molecule is Nc1cc(Nc2nc(Cc3ccccc3S(=O)(=O)O)nc(NCCS(=O)(=O)O)n2)ccc1SCCCS(=O)(=O)O.O=S(=O)=O. The molecule has 0 unspecified atom stereocenters. The Bertz CT molecular complexity index is 1900. The molecule has 7 N–H and O–H groups in total. The van der Waals surface area contributed by atoms with Crippen LogP contribution in [0.1, 0.15) is 17.8 Å². The first-order chi connectivity index (χ1) is 20.3. The lowest BCUT2D eigenvalue weighted by molar-refractivity contribution is 0.480. The van der Waals surface area contributed by atoms with Crippen LogP contribution in [0.2, 0.25) is 0 Å². The van der Waals surface area contributed by atoms with Crippen molar-refractivity contribution in [2.75, 3.05) is 40.2 Å². The lowest BCUT2D eigenvalue weighted by atomic mass is 10.1. The Morgan fingerprint density at radius 3 is 2.05 bits per heavy atom. The standard InChI is InChI=1S/C21H26N6O9S4.O3S/c22-16-13-15(6-7-17(16)37-9-3-10-38(28,29)30)24-21-26-19(25-20(27-21)23-8-11-39(31,32)33)12-14-4-1-2-5-18(14)40(34,35)36;1-4(2)3/h1-2,4-7,13H,3,8-12,22H2,(H,28,29,30)(H,31,32,33)(H,34,35,36)(H2,23,24,25,26,27);. The van der Waals surface area contributed by atoms with Gasteiger partial charge in [0.05, 0.1) is 16.4 Å². The van der Waals surface area contributed by atoms with Crippen LogP contribution in [-0.4, -0.2) is 90.3 Å². The maximum atomic E-state index is 11.8. The Labute approximate surface area is 258 Å². The van der Waals surface area contributed by atoms with Gasteiger partial charge in [0.2, 0.25) is 11.9 Å². The van der Waals surface area contributed by atoms with E-state index in [2.05, 4.69) is 25.6 Å². The number of rotatable bonds is 14. The van der Waals surface area contributed by atoms with E-state index in [-0.39, 0.29) is 53.3 Å². The summed E-state index contributed by atoms with van der Waals surface area (Å²) in [6, 6.07) is 10.6. The highest BCUT2D eigenvalue weighted by Gasteiger charge is 2.17. The highest BCUT2D eigenvalue weighted by atomic mass is 32.2. The van der Waals surface area contributed by atoms with Crippen LogP contribution in [0, 0.1) is 0 Å². The number of thioether (sulfide) groups is 1. The lowest BCUT2D eigenvalue weighted by Gasteiger charge is -2.12. The van der Waals surface area contributed by atoms with Crippen molar-refractivity contribution < 1.29 is 51.5 Å². The zero-order valence-corrected chi connectivity index (χ0v) is 26.3. The van der Waals surface area contributed by atoms with Gasteiger partial charge in [0.15, 0.2) is 0 Å². The second-order valence-corrected chi connectivity index (χ2v) is 14.5. The molecule has 0 atom stereocenters. The molecule has 1 heterocycles. The maximum absolute atomic E-state index is 11.8. The van der Waals surface area contributed by atoms with Crippen molar-refractivity contribution in [3.63, 3.8) is 0 Å². The summed E-state index contributed by atoms with van der Waals surface area (Å²) in [5.41, 5.74) is 7.14. The second kappa shape index (κ2) is 16.0. The molecular formula is C21H26N6O12S5. The summed E-state index contributed by atoms with van der Waals surface area (Å²) >= 11 is 1.30. The summed E-state index contributed by atoms with van der Waals surface area (Å²) in [4.78, 5) is 13.0. The monoisotopic (exact) mass is 714 g/mol. The molecule has 3 aromatic rings. The second-order valence-electron chi connectivity index (χ2n) is 8.44. The zero-order valence-electron chi connectivity index (χ0n) is 22.3. The topological polar surface area (TPSA) is 303 Å². The van der Waals surface area contributed by atoms with Crippen molar-refractivity contribution in [2.24, 2.45) is 0 Å². The van der Waals surface area contributed by atoms with Crippen LogP contribution in [0.25, 0.3) is 0 Å². The van der Waals surface area contributed by atoms with Crippen molar-refractivity contribution in [1.82, 2.24) is 15.0 Å². The summed E-state index contributed by atoms with van der Waals surface area (Å²) in [6.07, 6.45) is 0.0893. The normalized spacial score (nSPS) is 11.7. The van der Waals surface area contributed by atoms with Crippen molar-refractivity contribution >= 4 is 76.0 Å². The third-order valence-corrected chi connectivity index (χ3v) is 8.65. The van der Waals surface area contributed by atoms with Gasteiger partial charge in [0, 0.05) is 29.2 Å². The zero-order chi connectivity index (χ0) is 33.1. The van der Waals surface area contributed by atoms with Crippen molar-refractivity contribution in [3.8, 4) is 0 Å². The maximum Gasteiger partial charge on any atom is 0.425 e. The minimum Gasteiger partial charge on any atom is -0.398 e. The van der Waals surface area contributed by atoms with Gasteiger partial charge in [-0.05, 0) is 42.0 Å². The van der Waals surface area contributed by atoms with Crippen LogP contribution in [0.4, 0.5) is 23.3 Å². The molecular weight excluding hydrogens is 689 g/mol. The van der Waals surface area contributed by atoms with Gasteiger partial charge < -0.3 is 16.4 Å². The largest absolute Gasteiger partial charge is 0.425 e. The summed E-state index contributed by atoms with van der Waals surface area (Å²) in [7, 11) is -15.9. The number of hydrogen-bond acceptors (Lipinski definition) is 16. The van der Waals surface area contributed by atoms with E-state index in [1.807, 2.05) is 0 Å². The number of benzene rings is 2. The molecule has 0 bridgehead atoms. The molecule has 0 spiro atoms. The number of aromatic nitrogens is 3. The molecule has 0 saturated carbocycles. The molecule has 0 aliphatic rings. The van der Waals surface area contributed by atoms with E-state index in [0.717, 1.165) is 0 Å². The molecule has 44 heavy (non-hydrogen) atoms. The molecule has 242 valence electrons. The first kappa shape index (κ1) is 36.7. The number of nitrogens with two attached hydrogens (primary N) is 1. The van der Waals surface area contributed by atoms with Crippen LogP contribution in [-0.2, 0) is 47.4 Å². The highest BCUT2D eigenvalue weighted by molar-refractivity contribution is 7.99. The minimum absolute atomic E-state index is 0.00310. The predicted octanol–water partition coefficient (Wildman–Crippen LogP) is 0.701. The average Bonchev–Trinajstić information content (AvgIpc) is 2.85. The van der Waals surface area contributed by atoms with Gasteiger partial charge in [0.25, 0.3) is 30.4 Å². The molecule has 3 rings (SSSR count). The van der Waals surface area contributed by atoms with E-state index in [1.165, 1.54) is 30.0 Å². The number of nitrogens with zero attached hydrogens (tertiary/aromatic N) is 3. The van der Waals surface area contributed by atoms with Gasteiger partial charge in [-0.2, -0.15) is 40.2 Å². The van der Waals surface area contributed by atoms with Gasteiger partial charge in [-0.3, -0.25) is 13.7 Å². The van der Waals surface area contributed by atoms with Crippen LogP contribution < -0.4 is 16.4 Å². The van der Waals surface area contributed by atoms with Gasteiger partial charge in [-0.15, -0.1) is 24.4 Å². The highest BCUT2D eigenvalue weighted by Crippen LogP contribution is 2.29. The number of nitrogens with one attached hydrogen (secondary N) is 2. The number of hydrogen-bond donors (Lipinski definition) is 6. The Balaban J connectivity index is 0.00000159. The molecule has 23 heteroatoms. The van der Waals surface area contributed by atoms with E-state index in [0.29, 0.717) is 22.0 Å². The van der Waals surface area contributed by atoms with Gasteiger partial charge in [0.1, 0.15) is 5.82 Å². The molecule has 0 aliphatic carbocycles. The first-order valence-electron chi connectivity index (χ1n) is 11.8. The van der Waals surface area contributed by atoms with Crippen molar-refractivity contribution in [3.05, 3.63) is 53.9 Å². The molecule has 0 aliphatic heterocycles. The van der Waals surface area contributed by atoms with Crippen LogP contribution in [0.5, 0.6) is 0 Å². The predicted molar refractivity (Wildman–Crippen MR) is 159 cm³/mol. The summed E-state index contributed by atoms with van der Waals surface area (Å²) in [6.45, 7) is -0.236. The number of anilines is 4. The Hall–Kier alpha value is -3.45.